The molecule has 1 aromatic carbocycles. The zero-order valence-corrected chi connectivity index (χ0v) is 24.0. The minimum Gasteiger partial charge on any atom is -0.496 e. The first kappa shape index (κ1) is 25.1. The summed E-state index contributed by atoms with van der Waals surface area (Å²) < 4.78 is 12.4. The second-order valence-electron chi connectivity index (χ2n) is 13.3. The van der Waals surface area contributed by atoms with Crippen molar-refractivity contribution in [2.75, 3.05) is 14.2 Å². The van der Waals surface area contributed by atoms with Gasteiger partial charge in [-0.3, -0.25) is 0 Å². The molecule has 1 aromatic rings. The molecule has 0 radical (unpaired) electrons. The highest BCUT2D eigenvalue weighted by molar-refractivity contribution is 5.60. The Morgan fingerprint density at radius 2 is 1.30 bits per heavy atom. The predicted molar refractivity (Wildman–Crippen MR) is 139 cm³/mol. The molecule has 2 saturated carbocycles. The minimum absolute atomic E-state index is 0.0904. The molecule has 9 atom stereocenters. The van der Waals surface area contributed by atoms with Crippen molar-refractivity contribution in [2.24, 2.45) is 39.9 Å². The monoisotopic (exact) mass is 454 g/mol. The largest absolute Gasteiger partial charge is 0.496 e. The van der Waals surface area contributed by atoms with Gasteiger partial charge in [-0.1, -0.05) is 55.4 Å². The van der Waals surface area contributed by atoms with Crippen LogP contribution in [0.1, 0.15) is 96.6 Å². The average molecular weight is 455 g/mol. The summed E-state index contributed by atoms with van der Waals surface area (Å²) in [6.07, 6.45) is 2.38. The highest BCUT2D eigenvalue weighted by Gasteiger charge is 2.79. The van der Waals surface area contributed by atoms with Crippen LogP contribution in [0.2, 0.25) is 0 Å². The topological polar surface area (TPSA) is 18.5 Å². The molecule has 0 spiro atoms. The summed E-state index contributed by atoms with van der Waals surface area (Å²) in [5, 5.41) is 0. The molecule has 33 heavy (non-hydrogen) atoms. The average Bonchev–Trinajstić information content (AvgIpc) is 2.88. The Bertz CT molecular complexity index is 995. The SMILES string of the molecule is COc1c(C)c(C)c2c(c1C)CC(C)C1(C)C2(C)C(C)C[C@]2(C)C(C)C(C)(OC)C(C)C12C. The fourth-order valence-corrected chi connectivity index (χ4v) is 10.7. The lowest BCUT2D eigenvalue weighted by molar-refractivity contribution is -0.211. The van der Waals surface area contributed by atoms with Crippen LogP contribution in [0.4, 0.5) is 0 Å². The normalized spacial score (nSPS) is 48.8. The molecule has 2 fully saturated rings. The lowest BCUT2D eigenvalue weighted by Crippen LogP contribution is -2.70. The fraction of sp³-hybridized carbons (Fsp3) is 0.806. The Balaban J connectivity index is 2.12. The van der Waals surface area contributed by atoms with Crippen LogP contribution in [0.3, 0.4) is 0 Å². The summed E-state index contributed by atoms with van der Waals surface area (Å²) in [4.78, 5) is 0. The Morgan fingerprint density at radius 1 is 0.727 bits per heavy atom. The second-order valence-corrected chi connectivity index (χ2v) is 13.3. The molecule has 4 rings (SSSR count). The molecule has 0 aromatic heterocycles. The van der Waals surface area contributed by atoms with Crippen LogP contribution in [-0.2, 0) is 16.6 Å². The van der Waals surface area contributed by atoms with E-state index in [2.05, 4.69) is 83.1 Å². The molecular weight excluding hydrogens is 404 g/mol. The highest BCUT2D eigenvalue weighted by atomic mass is 16.5. The van der Waals surface area contributed by atoms with E-state index < -0.39 is 0 Å². The Labute approximate surface area is 204 Å². The van der Waals surface area contributed by atoms with Crippen molar-refractivity contribution in [1.82, 2.24) is 0 Å². The van der Waals surface area contributed by atoms with Gasteiger partial charge in [0.25, 0.3) is 0 Å². The van der Waals surface area contributed by atoms with Gasteiger partial charge >= 0.3 is 0 Å². The number of hydrogen-bond donors (Lipinski definition) is 0. The highest BCUT2D eigenvalue weighted by Crippen LogP contribution is 2.82. The molecule has 186 valence electrons. The Hall–Kier alpha value is -1.02. The van der Waals surface area contributed by atoms with Gasteiger partial charge in [-0.2, -0.15) is 0 Å². The van der Waals surface area contributed by atoms with Crippen molar-refractivity contribution in [2.45, 2.75) is 107 Å². The zero-order valence-electron chi connectivity index (χ0n) is 24.0. The number of benzene rings is 1. The van der Waals surface area contributed by atoms with Gasteiger partial charge in [0.15, 0.2) is 0 Å². The third-order valence-electron chi connectivity index (χ3n) is 13.6. The van der Waals surface area contributed by atoms with Crippen LogP contribution in [0, 0.1) is 60.7 Å². The van der Waals surface area contributed by atoms with E-state index in [0.29, 0.717) is 23.7 Å². The summed E-state index contributed by atoms with van der Waals surface area (Å²) in [5.41, 5.74) is 7.85. The molecule has 0 aliphatic heterocycles. The molecule has 0 bridgehead atoms. The first-order valence-electron chi connectivity index (χ1n) is 13.3. The maximum Gasteiger partial charge on any atom is 0.125 e. The number of methoxy groups -OCH3 is 2. The fourth-order valence-electron chi connectivity index (χ4n) is 10.7. The first-order chi connectivity index (χ1) is 15.1. The molecule has 0 N–H and O–H groups in total. The summed E-state index contributed by atoms with van der Waals surface area (Å²) in [6, 6.07) is 0. The smallest absolute Gasteiger partial charge is 0.125 e. The van der Waals surface area contributed by atoms with E-state index in [-0.39, 0.29) is 27.3 Å². The van der Waals surface area contributed by atoms with Crippen LogP contribution in [-0.4, -0.2) is 19.8 Å². The van der Waals surface area contributed by atoms with E-state index in [1.54, 1.807) is 11.1 Å². The summed E-state index contributed by atoms with van der Waals surface area (Å²) >= 11 is 0. The van der Waals surface area contributed by atoms with Crippen molar-refractivity contribution in [3.05, 3.63) is 27.8 Å². The van der Waals surface area contributed by atoms with E-state index >= 15 is 0 Å². The summed E-state index contributed by atoms with van der Waals surface area (Å²) in [7, 11) is 3.78. The van der Waals surface area contributed by atoms with Gasteiger partial charge < -0.3 is 9.47 Å². The molecule has 3 aliphatic carbocycles. The number of ether oxygens (including phenoxy) is 2. The van der Waals surface area contributed by atoms with Crippen molar-refractivity contribution in [3.8, 4) is 5.75 Å². The number of fused-ring (bicyclic) bond motifs is 5. The molecular formula is C31H50O2. The molecule has 0 saturated heterocycles. The zero-order chi connectivity index (χ0) is 25.1. The van der Waals surface area contributed by atoms with E-state index in [9.17, 15) is 0 Å². The van der Waals surface area contributed by atoms with Crippen molar-refractivity contribution in [3.63, 3.8) is 0 Å². The lowest BCUT2D eigenvalue weighted by Gasteiger charge is -2.73. The predicted octanol–water partition coefficient (Wildman–Crippen LogP) is 7.82. The van der Waals surface area contributed by atoms with Crippen LogP contribution < -0.4 is 4.74 Å². The third kappa shape index (κ3) is 2.32. The van der Waals surface area contributed by atoms with Gasteiger partial charge in [0.2, 0.25) is 0 Å². The van der Waals surface area contributed by atoms with Crippen molar-refractivity contribution < 1.29 is 9.47 Å². The summed E-state index contributed by atoms with van der Waals surface area (Å²) in [6.45, 7) is 30.0. The van der Waals surface area contributed by atoms with Crippen LogP contribution in [0.25, 0.3) is 0 Å². The molecule has 8 unspecified atom stereocenters. The molecule has 0 amide bonds. The molecule has 2 nitrogen and oxygen atoms in total. The first-order valence-corrected chi connectivity index (χ1v) is 13.3. The molecule has 0 heterocycles. The van der Waals surface area contributed by atoms with E-state index in [0.717, 1.165) is 12.2 Å². The van der Waals surface area contributed by atoms with Crippen LogP contribution in [0.5, 0.6) is 5.75 Å². The Morgan fingerprint density at radius 3 is 1.82 bits per heavy atom. The van der Waals surface area contributed by atoms with Crippen molar-refractivity contribution >= 4 is 0 Å². The second kappa shape index (κ2) is 7.02. The lowest BCUT2D eigenvalue weighted by atomic mass is 9.30. The number of rotatable bonds is 2. The van der Waals surface area contributed by atoms with Gasteiger partial charge in [0.05, 0.1) is 12.7 Å². The summed E-state index contributed by atoms with van der Waals surface area (Å²) in [5.74, 6) is 3.23. The van der Waals surface area contributed by atoms with Crippen molar-refractivity contribution in [1.29, 1.82) is 0 Å². The van der Waals surface area contributed by atoms with Gasteiger partial charge in [0.1, 0.15) is 5.75 Å². The van der Waals surface area contributed by atoms with Crippen LogP contribution >= 0.6 is 0 Å². The van der Waals surface area contributed by atoms with Gasteiger partial charge in [-0.25, -0.2) is 0 Å². The Kier molecular flexibility index (Phi) is 5.34. The third-order valence-corrected chi connectivity index (χ3v) is 13.6. The standard InChI is InChI=1S/C31H50O2/c1-17-15-24-21(5)26(32-13)20(4)19(3)25(24)28(9)18(2)16-27(8)22(6)29(10,33-14)23(7)31(27,12)30(17,28)11/h17-18,22-23H,15-16H2,1-14H3/t17?,18?,22?,23?,27-,28?,29?,30?,31?/m1/s1. The van der Waals surface area contributed by atoms with E-state index in [4.69, 9.17) is 9.47 Å². The molecule has 3 aliphatic rings. The van der Waals surface area contributed by atoms with E-state index in [1.165, 1.54) is 23.1 Å². The minimum atomic E-state index is -0.113. The quantitative estimate of drug-likeness (QED) is 0.453. The van der Waals surface area contributed by atoms with Gasteiger partial charge in [-0.05, 0) is 108 Å². The van der Waals surface area contributed by atoms with Gasteiger partial charge in [-0.15, -0.1) is 0 Å². The maximum absolute atomic E-state index is 6.42. The van der Waals surface area contributed by atoms with Gasteiger partial charge in [0, 0.05) is 12.5 Å². The number of hydrogen-bond acceptors (Lipinski definition) is 2. The molecule has 2 heteroatoms. The van der Waals surface area contributed by atoms with Crippen LogP contribution in [0.15, 0.2) is 0 Å². The van der Waals surface area contributed by atoms with E-state index in [1.807, 2.05) is 14.2 Å². The maximum atomic E-state index is 6.42.